The molecule has 1 N–H and O–H groups in total. The van der Waals surface area contributed by atoms with Gasteiger partial charge in [-0.1, -0.05) is 36.4 Å². The first-order chi connectivity index (χ1) is 13.3. The molecule has 134 valence electrons. The molecule has 5 heteroatoms. The number of fused-ring (bicyclic) bond motifs is 1. The molecule has 0 fully saturated rings. The molecular formula is C22H20N4O. The molecule has 0 aliphatic heterocycles. The number of carbonyl (C=O) groups excluding carboxylic acids is 1. The van der Waals surface area contributed by atoms with E-state index >= 15 is 0 Å². The lowest BCUT2D eigenvalue weighted by Gasteiger charge is -2.08. The van der Waals surface area contributed by atoms with Crippen molar-refractivity contribution in [2.75, 3.05) is 6.54 Å². The number of carbonyl (C=O) groups is 1. The monoisotopic (exact) mass is 356 g/mol. The number of rotatable bonds is 6. The molecule has 0 radical (unpaired) electrons. The van der Waals surface area contributed by atoms with Crippen molar-refractivity contribution in [3.8, 4) is 5.69 Å². The van der Waals surface area contributed by atoms with Crippen LogP contribution in [0.3, 0.4) is 0 Å². The lowest BCUT2D eigenvalue weighted by Crippen LogP contribution is -2.27. The van der Waals surface area contributed by atoms with Crippen LogP contribution in [0, 0.1) is 0 Å². The van der Waals surface area contributed by atoms with Crippen molar-refractivity contribution in [2.24, 2.45) is 0 Å². The van der Waals surface area contributed by atoms with Crippen molar-refractivity contribution in [3.63, 3.8) is 0 Å². The van der Waals surface area contributed by atoms with Gasteiger partial charge in [-0.25, -0.2) is 4.68 Å². The molecule has 27 heavy (non-hydrogen) atoms. The second kappa shape index (κ2) is 7.83. The van der Waals surface area contributed by atoms with Gasteiger partial charge in [-0.05, 0) is 41.8 Å². The highest BCUT2D eigenvalue weighted by atomic mass is 16.1. The van der Waals surface area contributed by atoms with E-state index in [2.05, 4.69) is 27.5 Å². The number of pyridine rings is 1. The van der Waals surface area contributed by atoms with Gasteiger partial charge in [0.1, 0.15) is 0 Å². The van der Waals surface area contributed by atoms with Crippen molar-refractivity contribution in [1.82, 2.24) is 20.1 Å². The van der Waals surface area contributed by atoms with Gasteiger partial charge in [0.05, 0.1) is 17.6 Å². The molecule has 0 bridgehead atoms. The van der Waals surface area contributed by atoms with Crippen molar-refractivity contribution in [2.45, 2.75) is 12.8 Å². The molecule has 0 atom stereocenters. The standard InChI is InChI=1S/C22H20N4O/c27-21(16-19-5-1-4-18-6-2-12-24-22(18)19)23-14-11-17-7-9-20(10-8-17)26-15-3-13-25-26/h1-10,12-13,15H,11,14,16H2,(H,23,27). The van der Waals surface area contributed by atoms with Gasteiger partial charge >= 0.3 is 0 Å². The Bertz CT molecular complexity index is 1030. The number of hydrogen-bond donors (Lipinski definition) is 1. The predicted octanol–water partition coefficient (Wildman–Crippen LogP) is 3.32. The van der Waals surface area contributed by atoms with Crippen molar-refractivity contribution in [3.05, 3.63) is 90.4 Å². The Labute approximate surface area is 157 Å². The van der Waals surface area contributed by atoms with Gasteiger partial charge in [-0.2, -0.15) is 5.10 Å². The Balaban J connectivity index is 1.32. The van der Waals surface area contributed by atoms with Gasteiger partial charge in [0.15, 0.2) is 0 Å². The Kier molecular flexibility index (Phi) is 4.92. The number of amides is 1. The van der Waals surface area contributed by atoms with Crippen LogP contribution in [-0.4, -0.2) is 27.2 Å². The van der Waals surface area contributed by atoms with Crippen LogP contribution in [0.25, 0.3) is 16.6 Å². The van der Waals surface area contributed by atoms with Gasteiger partial charge in [-0.15, -0.1) is 0 Å². The van der Waals surface area contributed by atoms with Crippen LogP contribution >= 0.6 is 0 Å². The fraction of sp³-hybridized carbons (Fsp3) is 0.136. The van der Waals surface area contributed by atoms with Crippen LogP contribution in [0.4, 0.5) is 0 Å². The highest BCUT2D eigenvalue weighted by Crippen LogP contribution is 2.16. The second-order valence-corrected chi connectivity index (χ2v) is 6.39. The summed E-state index contributed by atoms with van der Waals surface area (Å²) in [4.78, 5) is 16.7. The zero-order valence-corrected chi connectivity index (χ0v) is 14.9. The topological polar surface area (TPSA) is 59.8 Å². The minimum atomic E-state index is 0.0151. The molecule has 1 amide bonds. The number of nitrogens with zero attached hydrogens (tertiary/aromatic N) is 3. The summed E-state index contributed by atoms with van der Waals surface area (Å²) in [6.45, 7) is 0.609. The van der Waals surface area contributed by atoms with Gasteiger partial charge in [0.25, 0.3) is 0 Å². The first-order valence-corrected chi connectivity index (χ1v) is 8.98. The van der Waals surface area contributed by atoms with Crippen LogP contribution < -0.4 is 5.32 Å². The zero-order chi connectivity index (χ0) is 18.5. The third kappa shape index (κ3) is 4.03. The normalized spacial score (nSPS) is 10.8. The van der Waals surface area contributed by atoms with E-state index in [1.54, 1.807) is 12.4 Å². The summed E-state index contributed by atoms with van der Waals surface area (Å²) in [6, 6.07) is 20.0. The zero-order valence-electron chi connectivity index (χ0n) is 14.9. The molecule has 0 saturated heterocycles. The van der Waals surface area contributed by atoms with Crippen LogP contribution in [0.2, 0.25) is 0 Å². The minimum Gasteiger partial charge on any atom is -0.355 e. The highest BCUT2D eigenvalue weighted by Gasteiger charge is 2.07. The summed E-state index contributed by atoms with van der Waals surface area (Å²) in [6.07, 6.45) is 6.56. The maximum Gasteiger partial charge on any atom is 0.224 e. The van der Waals surface area contributed by atoms with Crippen molar-refractivity contribution < 1.29 is 4.79 Å². The van der Waals surface area contributed by atoms with Gasteiger partial charge in [0.2, 0.25) is 5.91 Å². The van der Waals surface area contributed by atoms with E-state index in [9.17, 15) is 4.79 Å². The van der Waals surface area contributed by atoms with E-state index in [1.165, 1.54) is 5.56 Å². The Hall–Kier alpha value is -3.47. The summed E-state index contributed by atoms with van der Waals surface area (Å²) in [7, 11) is 0. The molecule has 2 aromatic heterocycles. The molecular weight excluding hydrogens is 336 g/mol. The first kappa shape index (κ1) is 17.0. The van der Waals surface area contributed by atoms with Gasteiger partial charge in [0, 0.05) is 30.5 Å². The summed E-state index contributed by atoms with van der Waals surface area (Å²) in [5, 5.41) is 8.28. The maximum atomic E-state index is 12.3. The van der Waals surface area contributed by atoms with Gasteiger partial charge in [-0.3, -0.25) is 9.78 Å². The number of benzene rings is 2. The Morgan fingerprint density at radius 1 is 0.963 bits per heavy atom. The fourth-order valence-electron chi connectivity index (χ4n) is 3.13. The van der Waals surface area contributed by atoms with Crippen molar-refractivity contribution >= 4 is 16.8 Å². The predicted molar refractivity (Wildman–Crippen MR) is 106 cm³/mol. The lowest BCUT2D eigenvalue weighted by atomic mass is 10.1. The molecule has 0 spiro atoms. The molecule has 4 rings (SSSR count). The third-order valence-electron chi connectivity index (χ3n) is 4.51. The SMILES string of the molecule is O=C(Cc1cccc2cccnc12)NCCc1ccc(-n2cccn2)cc1. The van der Waals surface area contributed by atoms with E-state index in [-0.39, 0.29) is 5.91 Å². The summed E-state index contributed by atoms with van der Waals surface area (Å²) in [5.74, 6) is 0.0151. The van der Waals surface area contributed by atoms with Crippen LogP contribution in [-0.2, 0) is 17.6 Å². The number of hydrogen-bond acceptors (Lipinski definition) is 3. The average molecular weight is 356 g/mol. The number of para-hydroxylation sites is 1. The summed E-state index contributed by atoms with van der Waals surface area (Å²) >= 11 is 0. The number of nitrogens with one attached hydrogen (secondary N) is 1. The molecule has 2 aromatic carbocycles. The third-order valence-corrected chi connectivity index (χ3v) is 4.51. The van der Waals surface area contributed by atoms with E-state index in [0.29, 0.717) is 13.0 Å². The smallest absolute Gasteiger partial charge is 0.224 e. The Morgan fingerprint density at radius 2 is 1.81 bits per heavy atom. The van der Waals surface area contributed by atoms with E-state index in [4.69, 9.17) is 0 Å². The minimum absolute atomic E-state index is 0.0151. The molecule has 2 heterocycles. The molecule has 0 aliphatic rings. The lowest BCUT2D eigenvalue weighted by molar-refractivity contribution is -0.120. The maximum absolute atomic E-state index is 12.3. The molecule has 5 nitrogen and oxygen atoms in total. The molecule has 0 saturated carbocycles. The van der Waals surface area contributed by atoms with Crippen molar-refractivity contribution in [1.29, 1.82) is 0 Å². The van der Waals surface area contributed by atoms with Crippen LogP contribution in [0.5, 0.6) is 0 Å². The Morgan fingerprint density at radius 3 is 2.63 bits per heavy atom. The van der Waals surface area contributed by atoms with Crippen LogP contribution in [0.1, 0.15) is 11.1 Å². The second-order valence-electron chi connectivity index (χ2n) is 6.39. The first-order valence-electron chi connectivity index (χ1n) is 8.98. The largest absolute Gasteiger partial charge is 0.355 e. The molecule has 0 aliphatic carbocycles. The van der Waals surface area contributed by atoms with E-state index in [0.717, 1.165) is 28.6 Å². The molecule has 4 aromatic rings. The van der Waals surface area contributed by atoms with E-state index < -0.39 is 0 Å². The van der Waals surface area contributed by atoms with Crippen LogP contribution in [0.15, 0.2) is 79.3 Å². The summed E-state index contributed by atoms with van der Waals surface area (Å²) in [5.41, 5.74) is 4.05. The number of aromatic nitrogens is 3. The fourth-order valence-corrected chi connectivity index (χ4v) is 3.13. The quantitative estimate of drug-likeness (QED) is 0.576. The van der Waals surface area contributed by atoms with Gasteiger partial charge < -0.3 is 5.32 Å². The van der Waals surface area contributed by atoms with E-state index in [1.807, 2.05) is 59.4 Å². The average Bonchev–Trinajstić information content (AvgIpc) is 3.24. The highest BCUT2D eigenvalue weighted by molar-refractivity contribution is 5.87. The summed E-state index contributed by atoms with van der Waals surface area (Å²) < 4.78 is 1.82. The molecule has 0 unspecified atom stereocenters.